The summed E-state index contributed by atoms with van der Waals surface area (Å²) in [5, 5.41) is 33.3. The molecule has 1 amide bonds. The summed E-state index contributed by atoms with van der Waals surface area (Å²) >= 11 is 6.07. The number of aliphatic hydroxyl groups is 2. The van der Waals surface area contributed by atoms with Crippen molar-refractivity contribution >= 4 is 29.2 Å². The number of halogens is 1. The normalized spacial score (nSPS) is 23.4. The fourth-order valence-corrected chi connectivity index (χ4v) is 6.25. The van der Waals surface area contributed by atoms with Crippen LogP contribution in [0.1, 0.15) is 73.7 Å². The summed E-state index contributed by atoms with van der Waals surface area (Å²) in [5.41, 5.74) is 3.11. The lowest BCUT2D eigenvalue weighted by Crippen LogP contribution is -2.49. The third-order valence-electron chi connectivity index (χ3n) is 8.86. The van der Waals surface area contributed by atoms with Gasteiger partial charge in [0.1, 0.15) is 0 Å². The molecule has 4 N–H and O–H groups in total. The van der Waals surface area contributed by atoms with E-state index < -0.39 is 17.9 Å². The molecule has 2 aliphatic rings. The van der Waals surface area contributed by atoms with Gasteiger partial charge in [-0.2, -0.15) is 0 Å². The summed E-state index contributed by atoms with van der Waals surface area (Å²) in [5.74, 6) is -1.19. The predicted molar refractivity (Wildman–Crippen MR) is 171 cm³/mol. The van der Waals surface area contributed by atoms with Crippen LogP contribution in [0.15, 0.2) is 72.8 Å². The maximum absolute atomic E-state index is 12.4. The number of anilines is 1. The lowest BCUT2D eigenvalue weighted by Gasteiger charge is -2.45. The minimum absolute atomic E-state index is 0.00424. The molecule has 2 aliphatic heterocycles. The van der Waals surface area contributed by atoms with Crippen LogP contribution >= 0.6 is 11.6 Å². The zero-order valence-corrected chi connectivity index (χ0v) is 26.2. The molecule has 45 heavy (non-hydrogen) atoms. The van der Waals surface area contributed by atoms with Gasteiger partial charge >= 0.3 is 5.97 Å². The van der Waals surface area contributed by atoms with E-state index in [-0.39, 0.29) is 49.9 Å². The molecule has 2 heterocycles. The number of aliphatic carboxylic acids is 1. The third-order valence-corrected chi connectivity index (χ3v) is 9.12. The van der Waals surface area contributed by atoms with Gasteiger partial charge in [0.05, 0.1) is 24.4 Å². The zero-order valence-electron chi connectivity index (χ0n) is 25.4. The van der Waals surface area contributed by atoms with Crippen LogP contribution in [-0.2, 0) is 31.3 Å². The lowest BCUT2D eigenvalue weighted by atomic mass is 9.84. The first-order chi connectivity index (χ1) is 21.6. The fourth-order valence-electron chi connectivity index (χ4n) is 6.12. The minimum atomic E-state index is -0.928. The Morgan fingerprint density at radius 1 is 0.978 bits per heavy atom. The number of hydrogen-bond acceptors (Lipinski definition) is 7. The van der Waals surface area contributed by atoms with Gasteiger partial charge in [-0.15, -0.1) is 0 Å². The highest BCUT2D eigenvalue weighted by Crippen LogP contribution is 2.43. The Morgan fingerprint density at radius 3 is 2.36 bits per heavy atom. The summed E-state index contributed by atoms with van der Waals surface area (Å²) in [6.45, 7) is 4.14. The first-order valence-corrected chi connectivity index (χ1v) is 15.8. The van der Waals surface area contributed by atoms with E-state index in [4.69, 9.17) is 26.2 Å². The second-order valence-corrected chi connectivity index (χ2v) is 12.5. The predicted octanol–water partition coefficient (Wildman–Crippen LogP) is 5.80. The quantitative estimate of drug-likeness (QED) is 0.208. The molecule has 0 radical (unpaired) electrons. The Balaban J connectivity index is 1.31. The van der Waals surface area contributed by atoms with Crippen molar-refractivity contribution in [1.29, 1.82) is 0 Å². The van der Waals surface area contributed by atoms with Crippen LogP contribution in [0.2, 0.25) is 5.02 Å². The van der Waals surface area contributed by atoms with E-state index in [0.717, 1.165) is 22.3 Å². The Kier molecular flexibility index (Phi) is 10.9. The smallest absolute Gasteiger partial charge is 0.303 e. The van der Waals surface area contributed by atoms with E-state index in [0.29, 0.717) is 43.2 Å². The second-order valence-electron chi connectivity index (χ2n) is 12.1. The molecule has 2 fully saturated rings. The standard InChI is InChI=1S/C35H41ClN2O7/c1-23-30(21-38-18-16-35(43,17-19-38)27-12-14-28(36)15-13-27)44-34(45-33(23)25-10-8-24(22-39)9-11-25)26-4-2-5-29(20-26)37-31(40)6-3-7-32(41)42/h2,4-5,8-15,20,23,30,33-34,39,43H,3,6-7,16-19,21-22H2,1H3,(H,37,40)(H,41,42)/t23-,30+,33+,34+/m1/s1. The van der Waals surface area contributed by atoms with Crippen molar-refractivity contribution in [3.05, 3.63) is 100 Å². The van der Waals surface area contributed by atoms with Crippen LogP contribution in [0, 0.1) is 5.92 Å². The van der Waals surface area contributed by atoms with Crippen molar-refractivity contribution < 1.29 is 34.4 Å². The number of piperidine rings is 1. The summed E-state index contributed by atoms with van der Waals surface area (Å²) < 4.78 is 13.2. The average Bonchev–Trinajstić information content (AvgIpc) is 3.03. The zero-order chi connectivity index (χ0) is 32.0. The van der Waals surface area contributed by atoms with Crippen LogP contribution in [0.4, 0.5) is 5.69 Å². The van der Waals surface area contributed by atoms with Gasteiger partial charge in [-0.1, -0.05) is 67.1 Å². The molecule has 4 atom stereocenters. The largest absolute Gasteiger partial charge is 0.481 e. The number of aliphatic hydroxyl groups excluding tert-OH is 1. The Bertz CT molecular complexity index is 1440. The third kappa shape index (κ3) is 8.49. The van der Waals surface area contributed by atoms with Gasteiger partial charge in [0.25, 0.3) is 0 Å². The van der Waals surface area contributed by atoms with Gasteiger partial charge in [0, 0.05) is 54.7 Å². The number of nitrogens with zero attached hydrogens (tertiary/aromatic N) is 1. The van der Waals surface area contributed by atoms with E-state index in [2.05, 4.69) is 17.1 Å². The molecule has 240 valence electrons. The molecule has 0 aromatic heterocycles. The maximum Gasteiger partial charge on any atom is 0.303 e. The summed E-state index contributed by atoms with van der Waals surface area (Å²) in [7, 11) is 0. The van der Waals surface area contributed by atoms with E-state index >= 15 is 0 Å². The average molecular weight is 637 g/mol. The number of ether oxygens (including phenoxy) is 2. The lowest BCUT2D eigenvalue weighted by molar-refractivity contribution is -0.277. The van der Waals surface area contributed by atoms with Crippen molar-refractivity contribution in [2.45, 2.75) is 69.7 Å². The molecule has 0 bridgehead atoms. The molecule has 0 saturated carbocycles. The van der Waals surface area contributed by atoms with Crippen molar-refractivity contribution in [2.24, 2.45) is 5.92 Å². The summed E-state index contributed by atoms with van der Waals surface area (Å²) in [4.78, 5) is 25.6. The fraction of sp³-hybridized carbons (Fsp3) is 0.429. The van der Waals surface area contributed by atoms with Crippen molar-refractivity contribution in [3.8, 4) is 0 Å². The highest BCUT2D eigenvalue weighted by Gasteiger charge is 2.41. The van der Waals surface area contributed by atoms with Crippen LogP contribution in [0.25, 0.3) is 0 Å². The van der Waals surface area contributed by atoms with Crippen molar-refractivity contribution in [3.63, 3.8) is 0 Å². The molecule has 5 rings (SSSR count). The molecule has 0 spiro atoms. The van der Waals surface area contributed by atoms with Crippen molar-refractivity contribution in [2.75, 3.05) is 25.0 Å². The molecule has 9 nitrogen and oxygen atoms in total. The molecule has 3 aromatic carbocycles. The van der Waals surface area contributed by atoms with Crippen LogP contribution in [-0.4, -0.2) is 57.8 Å². The molecule has 0 unspecified atom stereocenters. The van der Waals surface area contributed by atoms with Crippen LogP contribution in [0.5, 0.6) is 0 Å². The van der Waals surface area contributed by atoms with Gasteiger partial charge in [-0.05, 0) is 60.2 Å². The topological polar surface area (TPSA) is 129 Å². The van der Waals surface area contributed by atoms with E-state index in [9.17, 15) is 19.8 Å². The number of benzene rings is 3. The number of carboxylic acid groups (broad SMARTS) is 1. The molecule has 0 aliphatic carbocycles. The number of carbonyl (C=O) groups excluding carboxylic acids is 1. The molecule has 2 saturated heterocycles. The SMILES string of the molecule is C[C@@H]1[C@H](CN2CCC(O)(c3ccc(Cl)cc3)CC2)O[C@H](c2cccc(NC(=O)CCCC(=O)O)c2)O[C@@H]1c1ccc(CO)cc1. The van der Waals surface area contributed by atoms with Gasteiger partial charge in [-0.25, -0.2) is 0 Å². The number of carboxylic acids is 1. The Morgan fingerprint density at radius 2 is 1.69 bits per heavy atom. The minimum Gasteiger partial charge on any atom is -0.481 e. The highest BCUT2D eigenvalue weighted by atomic mass is 35.5. The Hall–Kier alpha value is -3.31. The molecular weight excluding hydrogens is 596 g/mol. The van der Waals surface area contributed by atoms with Crippen LogP contribution in [0.3, 0.4) is 0 Å². The first kappa shape index (κ1) is 33.1. The van der Waals surface area contributed by atoms with Gasteiger partial charge < -0.3 is 35.0 Å². The summed E-state index contributed by atoms with van der Waals surface area (Å²) in [6, 6.07) is 22.5. The van der Waals surface area contributed by atoms with E-state index in [1.54, 1.807) is 6.07 Å². The molecule has 10 heteroatoms. The Labute approximate surface area is 268 Å². The number of rotatable bonds is 11. The van der Waals surface area contributed by atoms with E-state index in [1.165, 1.54) is 0 Å². The number of amides is 1. The van der Waals surface area contributed by atoms with Crippen LogP contribution < -0.4 is 5.32 Å². The first-order valence-electron chi connectivity index (χ1n) is 15.5. The number of carbonyl (C=O) groups is 2. The van der Waals surface area contributed by atoms with E-state index in [1.807, 2.05) is 66.7 Å². The van der Waals surface area contributed by atoms with Gasteiger partial charge in [-0.3, -0.25) is 9.59 Å². The van der Waals surface area contributed by atoms with Crippen molar-refractivity contribution in [1.82, 2.24) is 4.90 Å². The molecular formula is C35H41ClN2O7. The maximum atomic E-state index is 12.4. The van der Waals surface area contributed by atoms with Gasteiger partial charge in [0.15, 0.2) is 6.29 Å². The van der Waals surface area contributed by atoms with Gasteiger partial charge in [0.2, 0.25) is 5.91 Å². The molecule has 3 aromatic rings. The second kappa shape index (κ2) is 14.9. The number of hydrogen-bond donors (Lipinski definition) is 4. The number of likely N-dealkylation sites (tertiary alicyclic amines) is 1. The monoisotopic (exact) mass is 636 g/mol. The number of nitrogens with one attached hydrogen (secondary N) is 1. The summed E-state index contributed by atoms with van der Waals surface area (Å²) in [6.07, 6.45) is 0.323. The highest BCUT2D eigenvalue weighted by molar-refractivity contribution is 6.30.